The number of amides is 1. The first-order valence-corrected chi connectivity index (χ1v) is 12.5. The number of carbonyl (C=O) groups excluding carboxylic acids is 1. The molecule has 0 saturated heterocycles. The van der Waals surface area contributed by atoms with Crippen molar-refractivity contribution in [3.63, 3.8) is 0 Å². The fourth-order valence-electron chi connectivity index (χ4n) is 5.14. The summed E-state index contributed by atoms with van der Waals surface area (Å²) in [4.78, 5) is 16.9. The molecule has 0 aromatic heterocycles. The van der Waals surface area contributed by atoms with Crippen molar-refractivity contribution in [2.24, 2.45) is 5.92 Å². The molecule has 32 heavy (non-hydrogen) atoms. The highest BCUT2D eigenvalue weighted by molar-refractivity contribution is 7.98. The number of benzene rings is 3. The Balaban J connectivity index is 1.55. The van der Waals surface area contributed by atoms with Gasteiger partial charge in [-0.25, -0.2) is 0 Å². The monoisotopic (exact) mass is 440 g/mol. The first-order valence-electron chi connectivity index (χ1n) is 11.3. The quantitative estimate of drug-likeness (QED) is 0.346. The minimum atomic E-state index is 0.0416. The van der Waals surface area contributed by atoms with E-state index in [1.54, 1.807) is 11.8 Å². The van der Waals surface area contributed by atoms with Crippen molar-refractivity contribution in [2.75, 3.05) is 23.0 Å². The summed E-state index contributed by atoms with van der Waals surface area (Å²) < 4.78 is 0. The molecule has 5 rings (SSSR count). The molecular weight excluding hydrogens is 412 g/mol. The summed E-state index contributed by atoms with van der Waals surface area (Å²) in [6.07, 6.45) is 7.78. The Bertz CT molecular complexity index is 1140. The molecule has 3 unspecified atom stereocenters. The van der Waals surface area contributed by atoms with Gasteiger partial charge in [0.2, 0.25) is 0 Å². The van der Waals surface area contributed by atoms with Crippen molar-refractivity contribution in [2.45, 2.75) is 30.2 Å². The van der Waals surface area contributed by atoms with Gasteiger partial charge in [0.1, 0.15) is 0 Å². The van der Waals surface area contributed by atoms with Gasteiger partial charge < -0.3 is 10.2 Å². The molecule has 0 radical (unpaired) electrons. The number of nitrogens with zero attached hydrogens (tertiary/aromatic N) is 1. The zero-order chi connectivity index (χ0) is 22.1. The SMILES string of the molecule is CCN(C(=O)c1cccc2c1NC(c1ccc(SC)cc1)C1CC=CC21)c1ccccc1. The highest BCUT2D eigenvalue weighted by Crippen LogP contribution is 2.50. The number of carbonyl (C=O) groups is 1. The largest absolute Gasteiger partial charge is 0.377 e. The maximum Gasteiger partial charge on any atom is 0.260 e. The summed E-state index contributed by atoms with van der Waals surface area (Å²) in [6, 6.07) is 25.1. The van der Waals surface area contributed by atoms with E-state index in [4.69, 9.17) is 0 Å². The Hall–Kier alpha value is -2.98. The second-order valence-corrected chi connectivity index (χ2v) is 9.28. The van der Waals surface area contributed by atoms with E-state index in [1.807, 2.05) is 54.3 Å². The minimum Gasteiger partial charge on any atom is -0.377 e. The molecule has 162 valence electrons. The number of rotatable bonds is 5. The highest BCUT2D eigenvalue weighted by Gasteiger charge is 2.39. The molecule has 0 bridgehead atoms. The Morgan fingerprint density at radius 2 is 1.81 bits per heavy atom. The Kier molecular flexibility index (Phi) is 5.79. The van der Waals surface area contributed by atoms with Crippen molar-refractivity contribution >= 4 is 29.0 Å². The third-order valence-electron chi connectivity index (χ3n) is 6.73. The Labute approximate surface area is 194 Å². The molecule has 3 aromatic rings. The van der Waals surface area contributed by atoms with Crippen LogP contribution in [0.4, 0.5) is 11.4 Å². The molecule has 4 heteroatoms. The third-order valence-corrected chi connectivity index (χ3v) is 7.47. The predicted octanol–water partition coefficient (Wildman–Crippen LogP) is 6.90. The van der Waals surface area contributed by atoms with Crippen LogP contribution in [-0.4, -0.2) is 18.7 Å². The highest BCUT2D eigenvalue weighted by atomic mass is 32.2. The third kappa shape index (κ3) is 3.63. The lowest BCUT2D eigenvalue weighted by atomic mass is 9.76. The fraction of sp³-hybridized carbons (Fsp3) is 0.250. The molecule has 3 nitrogen and oxygen atoms in total. The van der Waals surface area contributed by atoms with Gasteiger partial charge in [0.25, 0.3) is 5.91 Å². The molecule has 2 aliphatic rings. The molecule has 1 aliphatic carbocycles. The number of anilines is 2. The molecular formula is C28H28N2OS. The number of thioether (sulfide) groups is 1. The van der Waals surface area contributed by atoms with E-state index in [0.717, 1.165) is 23.4 Å². The molecule has 0 fully saturated rings. The lowest BCUT2D eigenvalue weighted by Gasteiger charge is -2.38. The summed E-state index contributed by atoms with van der Waals surface area (Å²) in [5.74, 6) is 0.834. The molecule has 1 heterocycles. The van der Waals surface area contributed by atoms with Crippen LogP contribution in [0.25, 0.3) is 0 Å². The zero-order valence-electron chi connectivity index (χ0n) is 18.5. The van der Waals surface area contributed by atoms with Gasteiger partial charge >= 0.3 is 0 Å². The van der Waals surface area contributed by atoms with Crippen molar-refractivity contribution in [3.05, 3.63) is 102 Å². The van der Waals surface area contributed by atoms with E-state index in [9.17, 15) is 4.79 Å². The normalized spacial score (nSPS) is 20.9. The average Bonchev–Trinajstić information content (AvgIpc) is 3.35. The van der Waals surface area contributed by atoms with Gasteiger partial charge in [-0.1, -0.05) is 54.6 Å². The van der Waals surface area contributed by atoms with Gasteiger partial charge in [-0.05, 0) is 67.0 Å². The number of hydrogen-bond donors (Lipinski definition) is 1. The van der Waals surface area contributed by atoms with Crippen LogP contribution in [-0.2, 0) is 0 Å². The van der Waals surface area contributed by atoms with Crippen LogP contribution in [0.2, 0.25) is 0 Å². The average molecular weight is 441 g/mol. The first-order chi connectivity index (χ1) is 15.7. The van der Waals surface area contributed by atoms with E-state index in [-0.39, 0.29) is 11.9 Å². The summed E-state index contributed by atoms with van der Waals surface area (Å²) in [5, 5.41) is 3.81. The molecule has 1 aliphatic heterocycles. The molecule has 0 spiro atoms. The standard InChI is InChI=1S/C28H28N2OS/c1-3-30(20-9-5-4-6-10-20)28(31)25-14-8-13-24-22-11-7-12-23(22)26(29-27(24)25)19-15-17-21(32-2)18-16-19/h4-11,13-18,22-23,26,29H,3,12H2,1-2H3. The van der Waals surface area contributed by atoms with Crippen LogP contribution < -0.4 is 10.2 Å². The number of fused-ring (bicyclic) bond motifs is 3. The van der Waals surface area contributed by atoms with Crippen LogP contribution in [0.3, 0.4) is 0 Å². The fourth-order valence-corrected chi connectivity index (χ4v) is 5.55. The number of nitrogens with one attached hydrogen (secondary N) is 1. The molecule has 1 amide bonds. The topological polar surface area (TPSA) is 32.3 Å². The van der Waals surface area contributed by atoms with E-state index < -0.39 is 0 Å². The van der Waals surface area contributed by atoms with Crippen LogP contribution in [0.5, 0.6) is 0 Å². The first kappa shape index (κ1) is 20.9. The number of hydrogen-bond acceptors (Lipinski definition) is 3. The molecule has 3 atom stereocenters. The molecule has 0 saturated carbocycles. The van der Waals surface area contributed by atoms with Gasteiger partial charge in [-0.15, -0.1) is 11.8 Å². The zero-order valence-corrected chi connectivity index (χ0v) is 19.3. The Morgan fingerprint density at radius 3 is 2.53 bits per heavy atom. The maximum atomic E-state index is 13.7. The van der Waals surface area contributed by atoms with Gasteiger partial charge in [0, 0.05) is 23.0 Å². The summed E-state index contributed by atoms with van der Waals surface area (Å²) in [6.45, 7) is 2.65. The second-order valence-electron chi connectivity index (χ2n) is 8.40. The van der Waals surface area contributed by atoms with E-state index in [2.05, 4.69) is 54.1 Å². The van der Waals surface area contributed by atoms with Crippen LogP contribution in [0.1, 0.15) is 46.8 Å². The van der Waals surface area contributed by atoms with Crippen molar-refractivity contribution < 1.29 is 4.79 Å². The lowest BCUT2D eigenvalue weighted by molar-refractivity contribution is 0.0988. The second kappa shape index (κ2) is 8.87. The van der Waals surface area contributed by atoms with Gasteiger partial charge in [-0.3, -0.25) is 4.79 Å². The van der Waals surface area contributed by atoms with Gasteiger partial charge in [-0.2, -0.15) is 0 Å². The molecule has 1 N–H and O–H groups in total. The smallest absolute Gasteiger partial charge is 0.260 e. The summed E-state index contributed by atoms with van der Waals surface area (Å²) in [5.41, 5.74) is 5.17. The van der Waals surface area contributed by atoms with E-state index >= 15 is 0 Å². The van der Waals surface area contributed by atoms with Gasteiger partial charge in [0.15, 0.2) is 0 Å². The minimum absolute atomic E-state index is 0.0416. The number of para-hydroxylation sites is 2. The van der Waals surface area contributed by atoms with Crippen molar-refractivity contribution in [1.29, 1.82) is 0 Å². The predicted molar refractivity (Wildman–Crippen MR) is 135 cm³/mol. The molecule has 3 aromatic carbocycles. The Morgan fingerprint density at radius 1 is 1.03 bits per heavy atom. The van der Waals surface area contributed by atoms with Crippen molar-refractivity contribution in [3.8, 4) is 0 Å². The number of allylic oxidation sites excluding steroid dienone is 2. The maximum absolute atomic E-state index is 13.7. The van der Waals surface area contributed by atoms with E-state index in [0.29, 0.717) is 18.4 Å². The van der Waals surface area contributed by atoms with Crippen LogP contribution >= 0.6 is 11.8 Å². The summed E-state index contributed by atoms with van der Waals surface area (Å²) >= 11 is 1.76. The van der Waals surface area contributed by atoms with Crippen LogP contribution in [0.15, 0.2) is 89.8 Å². The van der Waals surface area contributed by atoms with Crippen molar-refractivity contribution in [1.82, 2.24) is 0 Å². The van der Waals surface area contributed by atoms with E-state index in [1.165, 1.54) is 16.0 Å². The van der Waals surface area contributed by atoms with Gasteiger partial charge in [0.05, 0.1) is 17.3 Å². The summed E-state index contributed by atoms with van der Waals surface area (Å²) in [7, 11) is 0. The van der Waals surface area contributed by atoms with Crippen LogP contribution in [0, 0.1) is 5.92 Å². The lowest BCUT2D eigenvalue weighted by Crippen LogP contribution is -2.34.